The second-order valence-corrected chi connectivity index (χ2v) is 5.38. The monoisotopic (exact) mass is 264 g/mol. The first-order valence-electron chi connectivity index (χ1n) is 6.30. The number of carboxylic acids is 1. The lowest BCUT2D eigenvalue weighted by Gasteiger charge is -2.21. The minimum atomic E-state index is -0.845. The molecule has 0 aliphatic carbocycles. The molecular formula is C15H20O4. The zero-order valence-corrected chi connectivity index (χ0v) is 11.4. The van der Waals surface area contributed by atoms with E-state index in [0.29, 0.717) is 6.42 Å². The second kappa shape index (κ2) is 6.92. The Morgan fingerprint density at radius 2 is 1.84 bits per heavy atom. The maximum absolute atomic E-state index is 11.6. The summed E-state index contributed by atoms with van der Waals surface area (Å²) in [5, 5.41) is 8.75. The van der Waals surface area contributed by atoms with Gasteiger partial charge in [0.15, 0.2) is 0 Å². The first-order chi connectivity index (χ1) is 8.89. The minimum Gasteiger partial charge on any atom is -0.481 e. The third kappa shape index (κ3) is 6.60. The van der Waals surface area contributed by atoms with E-state index in [-0.39, 0.29) is 25.4 Å². The van der Waals surface area contributed by atoms with Crippen molar-refractivity contribution in [3.05, 3.63) is 35.9 Å². The van der Waals surface area contributed by atoms with Crippen LogP contribution in [0.1, 0.15) is 38.7 Å². The molecule has 0 saturated carbocycles. The normalized spacial score (nSPS) is 11.1. The van der Waals surface area contributed by atoms with Crippen LogP contribution >= 0.6 is 0 Å². The van der Waals surface area contributed by atoms with E-state index in [1.165, 1.54) is 0 Å². The average Bonchev–Trinajstić information content (AvgIpc) is 2.34. The summed E-state index contributed by atoms with van der Waals surface area (Å²) in [5.41, 5.74) is 0.554. The highest BCUT2D eigenvalue weighted by atomic mass is 16.5. The van der Waals surface area contributed by atoms with Gasteiger partial charge in [0.25, 0.3) is 0 Å². The van der Waals surface area contributed by atoms with Crippen molar-refractivity contribution in [3.63, 3.8) is 0 Å². The van der Waals surface area contributed by atoms with Gasteiger partial charge >= 0.3 is 11.9 Å². The molecule has 0 saturated heterocycles. The van der Waals surface area contributed by atoms with Crippen LogP contribution in [0.2, 0.25) is 0 Å². The summed E-state index contributed by atoms with van der Waals surface area (Å²) in [4.78, 5) is 22.2. The molecule has 1 aromatic carbocycles. The Balaban J connectivity index is 2.30. The molecule has 0 fully saturated rings. The molecule has 0 bridgehead atoms. The van der Waals surface area contributed by atoms with Gasteiger partial charge in [-0.05, 0) is 17.4 Å². The molecule has 4 heteroatoms. The van der Waals surface area contributed by atoms with Crippen molar-refractivity contribution in [2.75, 3.05) is 0 Å². The van der Waals surface area contributed by atoms with Crippen LogP contribution in [-0.2, 0) is 20.9 Å². The molecule has 0 spiro atoms. The summed E-state index contributed by atoms with van der Waals surface area (Å²) in [6, 6.07) is 9.46. The molecule has 0 amide bonds. The van der Waals surface area contributed by atoms with Crippen LogP contribution in [0.5, 0.6) is 0 Å². The largest absolute Gasteiger partial charge is 0.481 e. The number of carbonyl (C=O) groups excluding carboxylic acids is 1. The number of ether oxygens (including phenoxy) is 1. The Kier molecular flexibility index (Phi) is 5.55. The number of rotatable bonds is 7. The predicted octanol–water partition coefficient (Wildman–Crippen LogP) is 3.01. The molecule has 0 unspecified atom stereocenters. The third-order valence-electron chi connectivity index (χ3n) is 2.88. The number of carboxylic acid groups (broad SMARTS) is 1. The zero-order valence-electron chi connectivity index (χ0n) is 11.4. The fourth-order valence-corrected chi connectivity index (χ4v) is 1.75. The fourth-order valence-electron chi connectivity index (χ4n) is 1.75. The van der Waals surface area contributed by atoms with Gasteiger partial charge in [0.05, 0.1) is 6.42 Å². The van der Waals surface area contributed by atoms with E-state index in [4.69, 9.17) is 9.84 Å². The van der Waals surface area contributed by atoms with Crippen LogP contribution in [-0.4, -0.2) is 17.0 Å². The molecule has 0 radical (unpaired) electrons. The second-order valence-electron chi connectivity index (χ2n) is 5.38. The molecule has 0 atom stereocenters. The number of hydrogen-bond acceptors (Lipinski definition) is 3. The fraction of sp³-hybridized carbons (Fsp3) is 0.467. The summed E-state index contributed by atoms with van der Waals surface area (Å²) in [6.45, 7) is 3.94. The van der Waals surface area contributed by atoms with Gasteiger partial charge < -0.3 is 9.84 Å². The van der Waals surface area contributed by atoms with Crippen molar-refractivity contribution >= 4 is 11.9 Å². The molecule has 4 nitrogen and oxygen atoms in total. The molecule has 1 rings (SSSR count). The molecular weight excluding hydrogens is 244 g/mol. The summed E-state index contributed by atoms with van der Waals surface area (Å²) < 4.78 is 5.14. The molecule has 1 N–H and O–H groups in total. The van der Waals surface area contributed by atoms with E-state index in [0.717, 1.165) is 5.56 Å². The van der Waals surface area contributed by atoms with Crippen molar-refractivity contribution in [3.8, 4) is 0 Å². The maximum atomic E-state index is 11.6. The van der Waals surface area contributed by atoms with Crippen molar-refractivity contribution in [1.29, 1.82) is 0 Å². The Labute approximate surface area is 113 Å². The van der Waals surface area contributed by atoms with Crippen LogP contribution in [0.4, 0.5) is 0 Å². The Hall–Kier alpha value is -1.84. The molecule has 0 aliphatic rings. The molecule has 0 aromatic heterocycles. The Morgan fingerprint density at radius 3 is 2.42 bits per heavy atom. The quantitative estimate of drug-likeness (QED) is 0.769. The van der Waals surface area contributed by atoms with E-state index in [9.17, 15) is 9.59 Å². The number of hydrogen-bond donors (Lipinski definition) is 1. The standard InChI is InChI=1S/C15H20O4/c1-15(2,10-13(16)17)9-8-14(18)19-11-12-6-4-3-5-7-12/h3-7H,8-11H2,1-2H3,(H,16,17). The van der Waals surface area contributed by atoms with Crippen LogP contribution < -0.4 is 0 Å². The van der Waals surface area contributed by atoms with E-state index in [2.05, 4.69) is 0 Å². The van der Waals surface area contributed by atoms with Crippen molar-refractivity contribution in [1.82, 2.24) is 0 Å². The Bertz CT molecular complexity index is 423. The summed E-state index contributed by atoms with van der Waals surface area (Å²) in [6.07, 6.45) is 0.805. The number of carbonyl (C=O) groups is 2. The third-order valence-corrected chi connectivity index (χ3v) is 2.88. The van der Waals surface area contributed by atoms with E-state index in [1.807, 2.05) is 44.2 Å². The van der Waals surface area contributed by atoms with Gasteiger partial charge in [0.2, 0.25) is 0 Å². The van der Waals surface area contributed by atoms with E-state index < -0.39 is 11.4 Å². The molecule has 19 heavy (non-hydrogen) atoms. The number of aliphatic carboxylic acids is 1. The van der Waals surface area contributed by atoms with Crippen LogP contribution in [0, 0.1) is 5.41 Å². The van der Waals surface area contributed by atoms with Crippen molar-refractivity contribution < 1.29 is 19.4 Å². The number of esters is 1. The topological polar surface area (TPSA) is 63.6 Å². The first-order valence-corrected chi connectivity index (χ1v) is 6.30. The van der Waals surface area contributed by atoms with Gasteiger partial charge in [0.1, 0.15) is 6.61 Å². The first kappa shape index (κ1) is 15.2. The smallest absolute Gasteiger partial charge is 0.306 e. The highest BCUT2D eigenvalue weighted by Gasteiger charge is 2.23. The lowest BCUT2D eigenvalue weighted by Crippen LogP contribution is -2.19. The number of benzene rings is 1. The van der Waals surface area contributed by atoms with E-state index in [1.54, 1.807) is 0 Å². The molecule has 104 valence electrons. The van der Waals surface area contributed by atoms with Crippen LogP contribution in [0.3, 0.4) is 0 Å². The van der Waals surface area contributed by atoms with Gasteiger partial charge in [-0.3, -0.25) is 9.59 Å². The summed E-state index contributed by atoms with van der Waals surface area (Å²) in [7, 11) is 0. The SMILES string of the molecule is CC(C)(CCC(=O)OCc1ccccc1)CC(=O)O. The van der Waals surface area contributed by atoms with Gasteiger partial charge in [0, 0.05) is 6.42 Å². The minimum absolute atomic E-state index is 0.0545. The van der Waals surface area contributed by atoms with Crippen molar-refractivity contribution in [2.45, 2.75) is 39.7 Å². The average molecular weight is 264 g/mol. The van der Waals surface area contributed by atoms with E-state index >= 15 is 0 Å². The van der Waals surface area contributed by atoms with Crippen molar-refractivity contribution in [2.24, 2.45) is 5.41 Å². The summed E-state index contributed by atoms with van der Waals surface area (Å²) >= 11 is 0. The van der Waals surface area contributed by atoms with Crippen LogP contribution in [0.15, 0.2) is 30.3 Å². The van der Waals surface area contributed by atoms with Gasteiger partial charge in [-0.2, -0.15) is 0 Å². The summed E-state index contributed by atoms with van der Waals surface area (Å²) in [5.74, 6) is -1.13. The zero-order chi connectivity index (χ0) is 14.3. The highest BCUT2D eigenvalue weighted by molar-refractivity contribution is 5.70. The van der Waals surface area contributed by atoms with Gasteiger partial charge in [-0.15, -0.1) is 0 Å². The molecule has 1 aromatic rings. The van der Waals surface area contributed by atoms with Gasteiger partial charge in [-0.25, -0.2) is 0 Å². The highest BCUT2D eigenvalue weighted by Crippen LogP contribution is 2.26. The lowest BCUT2D eigenvalue weighted by molar-refractivity contribution is -0.146. The van der Waals surface area contributed by atoms with Gasteiger partial charge in [-0.1, -0.05) is 44.2 Å². The lowest BCUT2D eigenvalue weighted by atomic mass is 9.84. The maximum Gasteiger partial charge on any atom is 0.306 e. The predicted molar refractivity (Wildman–Crippen MR) is 71.5 cm³/mol. The Morgan fingerprint density at radius 1 is 1.21 bits per heavy atom. The molecule has 0 heterocycles. The molecule has 0 aliphatic heterocycles. The van der Waals surface area contributed by atoms with Crippen LogP contribution in [0.25, 0.3) is 0 Å².